The van der Waals surface area contributed by atoms with Crippen LogP contribution in [0.2, 0.25) is 0 Å². The molecule has 1 aromatic carbocycles. The molecule has 1 aromatic heterocycles. The van der Waals surface area contributed by atoms with Crippen LogP contribution in [0, 0.1) is 0 Å². The third kappa shape index (κ3) is 4.99. The van der Waals surface area contributed by atoms with Crippen molar-refractivity contribution in [2.24, 2.45) is 0 Å². The Bertz CT molecular complexity index is 817. The van der Waals surface area contributed by atoms with Crippen molar-refractivity contribution in [2.75, 3.05) is 18.4 Å². The first-order chi connectivity index (χ1) is 13.3. The number of carbonyl (C=O) groups excluding carboxylic acids is 2. The van der Waals surface area contributed by atoms with Gasteiger partial charge in [-0.15, -0.1) is 0 Å². The minimum absolute atomic E-state index is 0.0669. The zero-order valence-electron chi connectivity index (χ0n) is 14.9. The Kier molecular flexibility index (Phi) is 5.81. The van der Waals surface area contributed by atoms with Gasteiger partial charge in [-0.2, -0.15) is 13.2 Å². The number of urea groups is 1. The van der Waals surface area contributed by atoms with E-state index in [1.54, 1.807) is 17.0 Å². The average Bonchev–Trinajstić information content (AvgIpc) is 2.68. The quantitative estimate of drug-likeness (QED) is 0.839. The first-order valence-electron chi connectivity index (χ1n) is 8.78. The fourth-order valence-electron chi connectivity index (χ4n) is 2.92. The molecular formula is C19H19F3N4O2. The molecule has 0 aliphatic carbocycles. The van der Waals surface area contributed by atoms with Crippen molar-refractivity contribution in [3.8, 4) is 0 Å². The molecule has 2 N–H and O–H groups in total. The van der Waals surface area contributed by atoms with Gasteiger partial charge in [0.05, 0.1) is 5.56 Å². The third-order valence-corrected chi connectivity index (χ3v) is 4.46. The van der Waals surface area contributed by atoms with Gasteiger partial charge < -0.3 is 15.5 Å². The zero-order valence-corrected chi connectivity index (χ0v) is 14.9. The van der Waals surface area contributed by atoms with Crippen molar-refractivity contribution in [1.29, 1.82) is 0 Å². The Labute approximate surface area is 159 Å². The fraction of sp³-hybridized carbons (Fsp3) is 0.316. The van der Waals surface area contributed by atoms with Crippen LogP contribution in [-0.4, -0.2) is 41.0 Å². The summed E-state index contributed by atoms with van der Waals surface area (Å²) < 4.78 is 37.6. The molecule has 0 unspecified atom stereocenters. The van der Waals surface area contributed by atoms with E-state index in [0.717, 1.165) is 18.3 Å². The number of benzene rings is 1. The second kappa shape index (κ2) is 8.28. The minimum atomic E-state index is -4.54. The Balaban J connectivity index is 1.48. The number of likely N-dealkylation sites (tertiary alicyclic amines) is 1. The number of alkyl halides is 3. The number of pyridine rings is 1. The number of nitrogens with one attached hydrogen (secondary N) is 2. The first-order valence-corrected chi connectivity index (χ1v) is 8.78. The van der Waals surface area contributed by atoms with Gasteiger partial charge >= 0.3 is 12.2 Å². The number of aromatic nitrogens is 1. The lowest BCUT2D eigenvalue weighted by Crippen LogP contribution is -2.47. The summed E-state index contributed by atoms with van der Waals surface area (Å²) in [6.45, 7) is 0.934. The summed E-state index contributed by atoms with van der Waals surface area (Å²) in [5, 5.41) is 5.59. The predicted octanol–water partition coefficient (Wildman–Crippen LogP) is 3.53. The number of hydrogen-bond acceptors (Lipinski definition) is 3. The van der Waals surface area contributed by atoms with Crippen molar-refractivity contribution in [1.82, 2.24) is 15.2 Å². The molecular weight excluding hydrogens is 373 g/mol. The molecule has 0 radical (unpaired) electrons. The van der Waals surface area contributed by atoms with Gasteiger partial charge in [-0.25, -0.2) is 4.79 Å². The molecule has 2 heterocycles. The summed E-state index contributed by atoms with van der Waals surface area (Å²) >= 11 is 0. The van der Waals surface area contributed by atoms with Crippen molar-refractivity contribution in [3.63, 3.8) is 0 Å². The molecule has 6 nitrogen and oxygen atoms in total. The van der Waals surface area contributed by atoms with Gasteiger partial charge in [-0.3, -0.25) is 9.78 Å². The Morgan fingerprint density at radius 3 is 2.29 bits per heavy atom. The topological polar surface area (TPSA) is 74.3 Å². The zero-order chi connectivity index (χ0) is 20.1. The smallest absolute Gasteiger partial charge is 0.349 e. The number of nitrogens with zero attached hydrogens (tertiary/aromatic N) is 2. The molecule has 0 spiro atoms. The van der Waals surface area contributed by atoms with Crippen LogP contribution < -0.4 is 10.6 Å². The standard InChI is InChI=1S/C19H19F3N4O2/c20-19(21,22)16-7-6-13(12-23-16)17(27)24-15-8-10-26(11-9-15)18(28)25-14-4-2-1-3-5-14/h1-7,12,15H,8-11H2,(H,24,27)(H,25,28). The lowest BCUT2D eigenvalue weighted by atomic mass is 10.0. The highest BCUT2D eigenvalue weighted by Crippen LogP contribution is 2.27. The van der Waals surface area contributed by atoms with Crippen molar-refractivity contribution in [2.45, 2.75) is 25.1 Å². The second-order valence-corrected chi connectivity index (χ2v) is 6.46. The first kappa shape index (κ1) is 19.7. The van der Waals surface area contributed by atoms with Gasteiger partial charge in [0.1, 0.15) is 5.69 Å². The lowest BCUT2D eigenvalue weighted by Gasteiger charge is -2.32. The van der Waals surface area contributed by atoms with E-state index in [4.69, 9.17) is 0 Å². The molecule has 1 aliphatic rings. The van der Waals surface area contributed by atoms with E-state index in [1.165, 1.54) is 0 Å². The van der Waals surface area contributed by atoms with Gasteiger partial charge in [-0.05, 0) is 37.1 Å². The van der Waals surface area contributed by atoms with Crippen molar-refractivity contribution >= 4 is 17.6 Å². The summed E-state index contributed by atoms with van der Waals surface area (Å²) in [5.74, 6) is -0.478. The highest BCUT2D eigenvalue weighted by molar-refractivity contribution is 5.94. The molecule has 148 valence electrons. The lowest BCUT2D eigenvalue weighted by molar-refractivity contribution is -0.141. The van der Waals surface area contributed by atoms with Gasteiger partial charge in [-0.1, -0.05) is 18.2 Å². The molecule has 3 rings (SSSR count). The molecule has 9 heteroatoms. The molecule has 1 aliphatic heterocycles. The number of amides is 3. The van der Waals surface area contributed by atoms with Crippen LogP contribution in [0.3, 0.4) is 0 Å². The predicted molar refractivity (Wildman–Crippen MR) is 96.8 cm³/mol. The van der Waals surface area contributed by atoms with Crippen molar-refractivity contribution in [3.05, 3.63) is 59.9 Å². The van der Waals surface area contributed by atoms with Crippen LogP contribution in [0.4, 0.5) is 23.7 Å². The molecule has 0 bridgehead atoms. The van der Waals surface area contributed by atoms with E-state index in [0.29, 0.717) is 31.6 Å². The summed E-state index contributed by atoms with van der Waals surface area (Å²) in [6, 6.07) is 10.6. The van der Waals surface area contributed by atoms with Crippen LogP contribution in [0.15, 0.2) is 48.7 Å². The molecule has 2 aromatic rings. The van der Waals surface area contributed by atoms with Crippen LogP contribution >= 0.6 is 0 Å². The molecule has 3 amide bonds. The average molecular weight is 392 g/mol. The molecule has 0 atom stereocenters. The number of anilines is 1. The van der Waals surface area contributed by atoms with Crippen LogP contribution in [0.1, 0.15) is 28.9 Å². The normalized spacial score (nSPS) is 15.2. The van der Waals surface area contributed by atoms with Crippen LogP contribution in [0.5, 0.6) is 0 Å². The number of carbonyl (C=O) groups is 2. The van der Waals surface area contributed by atoms with Gasteiger partial charge in [0.15, 0.2) is 0 Å². The summed E-state index contributed by atoms with van der Waals surface area (Å²) in [4.78, 5) is 29.4. The Morgan fingerprint density at radius 2 is 1.71 bits per heavy atom. The highest BCUT2D eigenvalue weighted by Gasteiger charge is 2.32. The molecule has 1 fully saturated rings. The van der Waals surface area contributed by atoms with Crippen LogP contribution in [0.25, 0.3) is 0 Å². The number of para-hydroxylation sites is 1. The number of rotatable bonds is 3. The number of halogens is 3. The van der Waals surface area contributed by atoms with Gasteiger partial charge in [0.2, 0.25) is 0 Å². The van der Waals surface area contributed by atoms with Crippen LogP contribution in [-0.2, 0) is 6.18 Å². The largest absolute Gasteiger partial charge is 0.433 e. The second-order valence-electron chi connectivity index (χ2n) is 6.46. The highest BCUT2D eigenvalue weighted by atomic mass is 19.4. The maximum absolute atomic E-state index is 12.5. The molecule has 0 saturated carbocycles. The Hall–Kier alpha value is -3.10. The van der Waals surface area contributed by atoms with E-state index in [1.807, 2.05) is 18.2 Å². The number of hydrogen-bond donors (Lipinski definition) is 2. The Morgan fingerprint density at radius 1 is 1.04 bits per heavy atom. The van der Waals surface area contributed by atoms with Gasteiger partial charge in [0.25, 0.3) is 5.91 Å². The van der Waals surface area contributed by atoms with E-state index >= 15 is 0 Å². The van der Waals surface area contributed by atoms with E-state index in [9.17, 15) is 22.8 Å². The molecule has 28 heavy (non-hydrogen) atoms. The minimum Gasteiger partial charge on any atom is -0.349 e. The SMILES string of the molecule is O=C(NC1CCN(C(=O)Nc2ccccc2)CC1)c1ccc(C(F)(F)F)nc1. The van der Waals surface area contributed by atoms with E-state index in [-0.39, 0.29) is 17.6 Å². The summed E-state index contributed by atoms with van der Waals surface area (Å²) in [5.41, 5.74) is -0.267. The molecule has 1 saturated heterocycles. The summed E-state index contributed by atoms with van der Waals surface area (Å²) in [6.07, 6.45) is -2.51. The monoisotopic (exact) mass is 392 g/mol. The van der Waals surface area contributed by atoms with Crippen molar-refractivity contribution < 1.29 is 22.8 Å². The van der Waals surface area contributed by atoms with E-state index < -0.39 is 17.8 Å². The maximum Gasteiger partial charge on any atom is 0.433 e. The maximum atomic E-state index is 12.5. The van der Waals surface area contributed by atoms with Gasteiger partial charge in [0, 0.05) is 31.0 Å². The fourth-order valence-corrected chi connectivity index (χ4v) is 2.92. The third-order valence-electron chi connectivity index (χ3n) is 4.46. The summed E-state index contributed by atoms with van der Waals surface area (Å²) in [7, 11) is 0. The van der Waals surface area contributed by atoms with E-state index in [2.05, 4.69) is 15.6 Å². The number of piperidine rings is 1.